The van der Waals surface area contributed by atoms with Crippen molar-refractivity contribution in [2.45, 2.75) is 6.92 Å². The zero-order chi connectivity index (χ0) is 13.0. The van der Waals surface area contributed by atoms with Gasteiger partial charge in [-0.05, 0) is 19.1 Å². The molecule has 0 saturated heterocycles. The Balaban J connectivity index is 2.40. The highest BCUT2D eigenvalue weighted by Gasteiger charge is 2.16. The fraction of sp³-hybridized carbons (Fsp3) is 0.133. The van der Waals surface area contributed by atoms with Crippen LogP contribution in [0.4, 0.5) is 0 Å². The number of phenolic OH excluding ortho intramolecular Hbond substituents is 1. The molecule has 0 unspecified atom stereocenters. The lowest BCUT2D eigenvalue weighted by molar-refractivity contribution is 0.103. The number of carbonyl (C=O) groups is 1. The second kappa shape index (κ2) is 5.36. The van der Waals surface area contributed by atoms with Gasteiger partial charge in [-0.2, -0.15) is 0 Å². The third-order valence-corrected chi connectivity index (χ3v) is 2.58. The van der Waals surface area contributed by atoms with E-state index < -0.39 is 0 Å². The maximum absolute atomic E-state index is 12.2. The molecule has 0 aliphatic rings. The number of ether oxygens (including phenoxy) is 1. The normalized spacial score (nSPS) is 10.1. The Hall–Kier alpha value is -2.29. The summed E-state index contributed by atoms with van der Waals surface area (Å²) >= 11 is 0. The molecule has 0 aromatic heterocycles. The van der Waals surface area contributed by atoms with Crippen LogP contribution in [0.5, 0.6) is 11.5 Å². The van der Waals surface area contributed by atoms with Crippen LogP contribution < -0.4 is 4.74 Å². The zero-order valence-electron chi connectivity index (χ0n) is 10.1. The Morgan fingerprint density at radius 1 is 1.11 bits per heavy atom. The fourth-order valence-corrected chi connectivity index (χ4v) is 1.72. The average molecular weight is 242 g/mol. The van der Waals surface area contributed by atoms with Crippen molar-refractivity contribution in [1.29, 1.82) is 0 Å². The van der Waals surface area contributed by atoms with E-state index in [-0.39, 0.29) is 17.1 Å². The number of benzene rings is 2. The van der Waals surface area contributed by atoms with Gasteiger partial charge in [0.1, 0.15) is 0 Å². The van der Waals surface area contributed by atoms with Crippen molar-refractivity contribution in [2.24, 2.45) is 0 Å². The lowest BCUT2D eigenvalue weighted by Gasteiger charge is -2.09. The lowest BCUT2D eigenvalue weighted by atomic mass is 10.0. The minimum Gasteiger partial charge on any atom is -0.504 e. The van der Waals surface area contributed by atoms with Crippen LogP contribution in [0.25, 0.3) is 0 Å². The number of hydrogen-bond acceptors (Lipinski definition) is 3. The number of ketones is 1. The van der Waals surface area contributed by atoms with Crippen LogP contribution in [0.15, 0.2) is 48.5 Å². The number of para-hydroxylation sites is 1. The van der Waals surface area contributed by atoms with Crippen LogP contribution in [-0.2, 0) is 0 Å². The molecule has 3 nitrogen and oxygen atoms in total. The van der Waals surface area contributed by atoms with Gasteiger partial charge >= 0.3 is 0 Å². The molecule has 0 radical (unpaired) electrons. The molecule has 92 valence electrons. The van der Waals surface area contributed by atoms with E-state index in [9.17, 15) is 9.90 Å². The molecule has 0 fully saturated rings. The molecule has 0 saturated carbocycles. The van der Waals surface area contributed by atoms with Gasteiger partial charge in [0.25, 0.3) is 0 Å². The highest BCUT2D eigenvalue weighted by Crippen LogP contribution is 2.31. The Labute approximate surface area is 106 Å². The monoisotopic (exact) mass is 242 g/mol. The summed E-state index contributed by atoms with van der Waals surface area (Å²) in [7, 11) is 0. The van der Waals surface area contributed by atoms with Gasteiger partial charge in [0.2, 0.25) is 0 Å². The van der Waals surface area contributed by atoms with Gasteiger partial charge in [0.15, 0.2) is 17.3 Å². The molecule has 18 heavy (non-hydrogen) atoms. The van der Waals surface area contributed by atoms with Crippen molar-refractivity contribution in [3.05, 3.63) is 59.7 Å². The Bertz CT molecular complexity index is 547. The van der Waals surface area contributed by atoms with E-state index in [0.29, 0.717) is 17.9 Å². The van der Waals surface area contributed by atoms with Gasteiger partial charge in [-0.15, -0.1) is 0 Å². The Morgan fingerprint density at radius 3 is 2.50 bits per heavy atom. The molecule has 2 rings (SSSR count). The van der Waals surface area contributed by atoms with Crippen LogP contribution in [-0.4, -0.2) is 17.5 Å². The molecule has 0 amide bonds. The number of aromatic hydroxyl groups is 1. The second-order valence-electron chi connectivity index (χ2n) is 3.78. The molecule has 0 aliphatic carbocycles. The van der Waals surface area contributed by atoms with Crippen LogP contribution in [0.1, 0.15) is 22.8 Å². The van der Waals surface area contributed by atoms with E-state index in [4.69, 9.17) is 4.74 Å². The standard InChI is InChI=1S/C15H14O3/c1-2-18-13-10-6-9-12(15(13)17)14(16)11-7-4-3-5-8-11/h3-10,17H,2H2,1H3. The van der Waals surface area contributed by atoms with Crippen molar-refractivity contribution in [2.75, 3.05) is 6.61 Å². The first-order chi connectivity index (χ1) is 8.74. The minimum absolute atomic E-state index is 0.104. The number of phenols is 1. The van der Waals surface area contributed by atoms with Crippen molar-refractivity contribution < 1.29 is 14.6 Å². The summed E-state index contributed by atoms with van der Waals surface area (Å²) in [6, 6.07) is 13.8. The van der Waals surface area contributed by atoms with E-state index in [1.807, 2.05) is 13.0 Å². The maximum atomic E-state index is 12.2. The Kier molecular flexibility index (Phi) is 3.63. The number of hydrogen-bond donors (Lipinski definition) is 1. The van der Waals surface area contributed by atoms with Gasteiger partial charge < -0.3 is 9.84 Å². The second-order valence-corrected chi connectivity index (χ2v) is 3.78. The van der Waals surface area contributed by atoms with Crippen molar-refractivity contribution in [1.82, 2.24) is 0 Å². The predicted octanol–water partition coefficient (Wildman–Crippen LogP) is 3.02. The molecular weight excluding hydrogens is 228 g/mol. The molecule has 2 aromatic carbocycles. The van der Waals surface area contributed by atoms with Gasteiger partial charge in [-0.1, -0.05) is 36.4 Å². The van der Waals surface area contributed by atoms with Gasteiger partial charge in [0.05, 0.1) is 12.2 Å². The lowest BCUT2D eigenvalue weighted by Crippen LogP contribution is -2.02. The molecule has 0 bridgehead atoms. The summed E-state index contributed by atoms with van der Waals surface area (Å²) in [4.78, 5) is 12.2. The summed E-state index contributed by atoms with van der Waals surface area (Å²) < 4.78 is 5.26. The van der Waals surface area contributed by atoms with E-state index in [2.05, 4.69) is 0 Å². The zero-order valence-corrected chi connectivity index (χ0v) is 10.1. The summed E-state index contributed by atoms with van der Waals surface area (Å²) in [5, 5.41) is 10.0. The maximum Gasteiger partial charge on any atom is 0.196 e. The van der Waals surface area contributed by atoms with Crippen LogP contribution in [0.3, 0.4) is 0 Å². The molecule has 3 heteroatoms. The summed E-state index contributed by atoms with van der Waals surface area (Å²) in [5.41, 5.74) is 0.800. The highest BCUT2D eigenvalue weighted by molar-refractivity contribution is 6.11. The largest absolute Gasteiger partial charge is 0.504 e. The van der Waals surface area contributed by atoms with E-state index in [1.165, 1.54) is 0 Å². The van der Waals surface area contributed by atoms with E-state index in [0.717, 1.165) is 0 Å². The predicted molar refractivity (Wildman–Crippen MR) is 69.2 cm³/mol. The number of rotatable bonds is 4. The molecule has 0 spiro atoms. The van der Waals surface area contributed by atoms with Crippen LogP contribution in [0, 0.1) is 0 Å². The van der Waals surface area contributed by atoms with Gasteiger partial charge in [-0.3, -0.25) is 4.79 Å². The van der Waals surface area contributed by atoms with Crippen LogP contribution in [0.2, 0.25) is 0 Å². The topological polar surface area (TPSA) is 46.5 Å². The number of carbonyl (C=O) groups excluding carboxylic acids is 1. The molecule has 0 atom stereocenters. The SMILES string of the molecule is CCOc1cccc(C(=O)c2ccccc2)c1O. The average Bonchev–Trinajstić information content (AvgIpc) is 2.42. The first-order valence-corrected chi connectivity index (χ1v) is 5.78. The Morgan fingerprint density at radius 2 is 1.83 bits per heavy atom. The quantitative estimate of drug-likeness (QED) is 0.838. The van der Waals surface area contributed by atoms with Crippen molar-refractivity contribution >= 4 is 5.78 Å². The summed E-state index contributed by atoms with van der Waals surface area (Å²) in [6.07, 6.45) is 0. The van der Waals surface area contributed by atoms with Crippen LogP contribution >= 0.6 is 0 Å². The summed E-state index contributed by atoms with van der Waals surface area (Å²) in [5.74, 6) is 0.0159. The van der Waals surface area contributed by atoms with Crippen molar-refractivity contribution in [3.63, 3.8) is 0 Å². The van der Waals surface area contributed by atoms with Gasteiger partial charge in [0, 0.05) is 5.56 Å². The third kappa shape index (κ3) is 2.35. The molecule has 0 aliphatic heterocycles. The fourth-order valence-electron chi connectivity index (χ4n) is 1.72. The van der Waals surface area contributed by atoms with E-state index in [1.54, 1.807) is 42.5 Å². The molecular formula is C15H14O3. The highest BCUT2D eigenvalue weighted by atomic mass is 16.5. The molecule has 2 aromatic rings. The smallest absolute Gasteiger partial charge is 0.196 e. The minimum atomic E-state index is -0.213. The third-order valence-electron chi connectivity index (χ3n) is 2.58. The first-order valence-electron chi connectivity index (χ1n) is 5.78. The molecule has 1 N–H and O–H groups in total. The summed E-state index contributed by atoms with van der Waals surface area (Å²) in [6.45, 7) is 2.27. The van der Waals surface area contributed by atoms with E-state index >= 15 is 0 Å². The van der Waals surface area contributed by atoms with Crippen molar-refractivity contribution in [3.8, 4) is 11.5 Å². The first kappa shape index (κ1) is 12.2. The van der Waals surface area contributed by atoms with Gasteiger partial charge in [-0.25, -0.2) is 0 Å². The molecule has 0 heterocycles.